The van der Waals surface area contributed by atoms with Gasteiger partial charge in [0.2, 0.25) is 0 Å². The molecule has 1 atom stereocenters. The Bertz CT molecular complexity index is 438. The summed E-state index contributed by atoms with van der Waals surface area (Å²) in [6.07, 6.45) is -0.751. The molecule has 0 saturated carbocycles. The summed E-state index contributed by atoms with van der Waals surface area (Å²) in [5.74, 6) is 0.109. The minimum atomic E-state index is -0.751. The van der Waals surface area contributed by atoms with E-state index in [9.17, 15) is 9.90 Å². The Hall–Kier alpha value is -1.17. The summed E-state index contributed by atoms with van der Waals surface area (Å²) in [6, 6.07) is 6.41. The van der Waals surface area contributed by atoms with Crippen molar-refractivity contribution in [2.45, 2.75) is 6.10 Å². The maximum atomic E-state index is 11.3. The molecule has 8 nitrogen and oxygen atoms in total. The molecule has 0 spiro atoms. The maximum absolute atomic E-state index is 11.3. The third-order valence-corrected chi connectivity index (χ3v) is 3.02. The van der Waals surface area contributed by atoms with Crippen molar-refractivity contribution in [3.05, 3.63) is 29.8 Å². The topological polar surface area (TPSA) is 131 Å². The molecule has 0 heterocycles. The number of rotatable bonds is 10. The zero-order chi connectivity index (χ0) is 16.4. The molecule has 0 aliphatic carbocycles. The van der Waals surface area contributed by atoms with Crippen molar-refractivity contribution in [2.24, 2.45) is 0 Å². The first-order valence-corrected chi connectivity index (χ1v) is 7.04. The average Bonchev–Trinajstić information content (AvgIpc) is 2.53. The van der Waals surface area contributed by atoms with E-state index in [0.717, 1.165) is 0 Å². The van der Waals surface area contributed by atoms with Gasteiger partial charge in [0.25, 0.3) is 0 Å². The van der Waals surface area contributed by atoms with Gasteiger partial charge in [-0.05, 0) is 24.3 Å². The standard InChI is InChI=1S/C15H23NO6.Ge.H2O/c1-21-15(20)12-2-4-14(5-3-12)22-11-13(19)10-16(6-8-17)7-9-18;;/h2-5,13,17-19H,6-11H2,1H3;;1H2. The van der Waals surface area contributed by atoms with Crippen LogP contribution in [0.15, 0.2) is 24.3 Å². The molecule has 0 bridgehead atoms. The summed E-state index contributed by atoms with van der Waals surface area (Å²) >= 11 is 0. The van der Waals surface area contributed by atoms with Crippen LogP contribution in [0.25, 0.3) is 0 Å². The minimum Gasteiger partial charge on any atom is -0.491 e. The van der Waals surface area contributed by atoms with Crippen LogP contribution in [0.2, 0.25) is 0 Å². The first-order chi connectivity index (χ1) is 10.6. The quantitative estimate of drug-likeness (QED) is 0.313. The second-order valence-electron chi connectivity index (χ2n) is 4.73. The van der Waals surface area contributed by atoms with Crippen LogP contribution in [-0.4, -0.2) is 102 Å². The zero-order valence-corrected chi connectivity index (χ0v) is 15.7. The number of hydrogen-bond acceptors (Lipinski definition) is 7. The van der Waals surface area contributed by atoms with E-state index < -0.39 is 12.1 Å². The van der Waals surface area contributed by atoms with E-state index in [2.05, 4.69) is 4.74 Å². The van der Waals surface area contributed by atoms with Gasteiger partial charge in [0.15, 0.2) is 0 Å². The fourth-order valence-electron chi connectivity index (χ4n) is 1.93. The molecule has 5 N–H and O–H groups in total. The van der Waals surface area contributed by atoms with Crippen LogP contribution in [-0.2, 0) is 4.74 Å². The first kappa shape index (κ1) is 25.1. The number of benzene rings is 1. The molecule has 24 heavy (non-hydrogen) atoms. The van der Waals surface area contributed by atoms with Crippen LogP contribution in [0.1, 0.15) is 10.4 Å². The van der Waals surface area contributed by atoms with E-state index in [4.69, 9.17) is 14.9 Å². The number of carbonyl (C=O) groups excluding carboxylic acids is 1. The third kappa shape index (κ3) is 9.21. The number of aliphatic hydroxyl groups excluding tert-OH is 3. The molecule has 1 aromatic rings. The monoisotopic (exact) mass is 405 g/mol. The smallest absolute Gasteiger partial charge is 0.337 e. The number of ether oxygens (including phenoxy) is 2. The minimum absolute atomic E-state index is 0. The molecule has 0 fully saturated rings. The molecule has 1 aromatic carbocycles. The van der Waals surface area contributed by atoms with Crippen molar-refractivity contribution < 1.29 is 35.1 Å². The van der Waals surface area contributed by atoms with E-state index in [-0.39, 0.29) is 42.9 Å². The molecule has 1 unspecified atom stereocenters. The molecule has 0 aliphatic rings. The van der Waals surface area contributed by atoms with Crippen LogP contribution in [0.3, 0.4) is 0 Å². The summed E-state index contributed by atoms with van der Waals surface area (Å²) in [6.45, 7) is 1.05. The van der Waals surface area contributed by atoms with Gasteiger partial charge < -0.3 is 30.3 Å². The molecule has 136 valence electrons. The van der Waals surface area contributed by atoms with E-state index in [1.165, 1.54) is 7.11 Å². The fourth-order valence-corrected chi connectivity index (χ4v) is 1.93. The Morgan fingerprint density at radius 3 is 2.17 bits per heavy atom. The molecule has 0 saturated heterocycles. The zero-order valence-electron chi connectivity index (χ0n) is 13.6. The Morgan fingerprint density at radius 1 is 1.17 bits per heavy atom. The second-order valence-corrected chi connectivity index (χ2v) is 4.73. The summed E-state index contributed by atoms with van der Waals surface area (Å²) in [7, 11) is 1.31. The number of aliphatic hydroxyl groups is 3. The fraction of sp³-hybridized carbons (Fsp3) is 0.533. The normalized spacial score (nSPS) is 11.2. The Kier molecular flexibility index (Phi) is 14.8. The van der Waals surface area contributed by atoms with Crippen molar-refractivity contribution in [2.75, 3.05) is 46.6 Å². The molecule has 1 rings (SSSR count). The van der Waals surface area contributed by atoms with Crippen molar-refractivity contribution in [1.82, 2.24) is 4.90 Å². The summed E-state index contributed by atoms with van der Waals surface area (Å²) in [5.41, 5.74) is 0.424. The Labute approximate surface area is 152 Å². The molecule has 4 radical (unpaired) electrons. The van der Waals surface area contributed by atoms with Crippen molar-refractivity contribution in [3.8, 4) is 5.75 Å². The molecule has 0 aliphatic heterocycles. The summed E-state index contributed by atoms with van der Waals surface area (Å²) < 4.78 is 10.0. The van der Waals surface area contributed by atoms with Gasteiger partial charge in [-0.25, -0.2) is 4.79 Å². The van der Waals surface area contributed by atoms with Gasteiger partial charge in [-0.3, -0.25) is 4.90 Å². The number of methoxy groups -OCH3 is 1. The molecule has 0 aromatic heterocycles. The van der Waals surface area contributed by atoms with Gasteiger partial charge in [-0.1, -0.05) is 0 Å². The van der Waals surface area contributed by atoms with Gasteiger partial charge in [0.05, 0.1) is 25.9 Å². The number of nitrogens with zero attached hydrogens (tertiary/aromatic N) is 1. The SMILES string of the molecule is COC(=O)c1ccc(OCC(O)CN(CCO)CCO)cc1.O.[Ge]. The first-order valence-electron chi connectivity index (χ1n) is 7.04. The van der Waals surface area contributed by atoms with Crippen LogP contribution >= 0.6 is 0 Å². The Balaban J connectivity index is 0. The average molecular weight is 404 g/mol. The van der Waals surface area contributed by atoms with E-state index in [0.29, 0.717) is 30.9 Å². The molecule has 0 amide bonds. The van der Waals surface area contributed by atoms with Gasteiger partial charge in [-0.2, -0.15) is 0 Å². The molecular formula is C15H25GeNO7. The summed E-state index contributed by atoms with van der Waals surface area (Å²) in [5, 5.41) is 27.7. The third-order valence-electron chi connectivity index (χ3n) is 3.02. The van der Waals surface area contributed by atoms with Gasteiger partial charge in [-0.15, -0.1) is 0 Å². The molecular weight excluding hydrogens is 379 g/mol. The predicted octanol–water partition coefficient (Wildman–Crippen LogP) is -1.71. The number of hydrogen-bond donors (Lipinski definition) is 3. The van der Waals surface area contributed by atoms with Crippen LogP contribution in [0, 0.1) is 0 Å². The summed E-state index contributed by atoms with van der Waals surface area (Å²) in [4.78, 5) is 13.0. The maximum Gasteiger partial charge on any atom is 0.337 e. The van der Waals surface area contributed by atoms with Crippen LogP contribution in [0.5, 0.6) is 5.75 Å². The largest absolute Gasteiger partial charge is 0.491 e. The predicted molar refractivity (Wildman–Crippen MR) is 89.3 cm³/mol. The van der Waals surface area contributed by atoms with Gasteiger partial charge in [0.1, 0.15) is 18.5 Å². The van der Waals surface area contributed by atoms with Crippen LogP contribution in [0.4, 0.5) is 0 Å². The molecule has 9 heteroatoms. The second kappa shape index (κ2) is 14.2. The van der Waals surface area contributed by atoms with Gasteiger partial charge in [0, 0.05) is 37.2 Å². The van der Waals surface area contributed by atoms with Gasteiger partial charge >= 0.3 is 5.97 Å². The van der Waals surface area contributed by atoms with Crippen molar-refractivity contribution >= 4 is 23.6 Å². The van der Waals surface area contributed by atoms with Crippen molar-refractivity contribution in [1.29, 1.82) is 0 Å². The number of esters is 1. The van der Waals surface area contributed by atoms with Crippen molar-refractivity contribution in [3.63, 3.8) is 0 Å². The van der Waals surface area contributed by atoms with Crippen LogP contribution < -0.4 is 4.74 Å². The Morgan fingerprint density at radius 2 is 1.71 bits per heavy atom. The van der Waals surface area contributed by atoms with E-state index in [1.807, 2.05) is 0 Å². The van der Waals surface area contributed by atoms with E-state index in [1.54, 1.807) is 29.2 Å². The van der Waals surface area contributed by atoms with E-state index >= 15 is 0 Å². The number of carbonyl (C=O) groups is 1.